The van der Waals surface area contributed by atoms with E-state index in [1.165, 1.54) is 6.08 Å². The first-order chi connectivity index (χ1) is 6.24. The zero-order valence-corrected chi connectivity index (χ0v) is 7.49. The Morgan fingerprint density at radius 2 is 2.54 bits per heavy atom. The fourth-order valence-corrected chi connectivity index (χ4v) is 0.830. The average molecular weight is 177 g/mol. The minimum atomic E-state index is -0.136. The van der Waals surface area contributed by atoms with Crippen molar-refractivity contribution in [3.05, 3.63) is 36.7 Å². The molecule has 1 aromatic heterocycles. The predicted molar refractivity (Wildman–Crippen MR) is 49.7 cm³/mol. The number of nitrogens with zero attached hydrogens (tertiary/aromatic N) is 1. The number of pyridine rings is 1. The quantitative estimate of drug-likeness (QED) is 0.654. The first-order valence-corrected chi connectivity index (χ1v) is 3.93. The molecule has 1 heterocycles. The van der Waals surface area contributed by atoms with Gasteiger partial charge in [0.15, 0.2) is 12.4 Å². The Balaban J connectivity index is 2.59. The predicted octanol–water partition coefficient (Wildman–Crippen LogP) is 1.52. The number of hydrogen-bond donors (Lipinski definition) is 0. The molecule has 0 aliphatic heterocycles. The minimum absolute atomic E-state index is 0.0238. The molecule has 0 aliphatic carbocycles. The smallest absolute Gasteiger partial charge is 0.192 e. The van der Waals surface area contributed by atoms with Gasteiger partial charge in [-0.3, -0.25) is 9.78 Å². The van der Waals surface area contributed by atoms with Gasteiger partial charge in [0, 0.05) is 6.20 Å². The van der Waals surface area contributed by atoms with E-state index in [1.54, 1.807) is 18.3 Å². The highest BCUT2D eigenvalue weighted by atomic mass is 16.5. The van der Waals surface area contributed by atoms with Crippen LogP contribution in [0.2, 0.25) is 0 Å². The Morgan fingerprint density at radius 3 is 3.15 bits per heavy atom. The maximum atomic E-state index is 10.8. The summed E-state index contributed by atoms with van der Waals surface area (Å²) in [6.07, 6.45) is 2.92. The summed E-state index contributed by atoms with van der Waals surface area (Å²) in [5, 5.41) is 0. The Labute approximate surface area is 77.1 Å². The van der Waals surface area contributed by atoms with Crippen LogP contribution in [-0.4, -0.2) is 17.4 Å². The number of ketones is 1. The van der Waals surface area contributed by atoms with Crippen LogP contribution in [0.25, 0.3) is 0 Å². The third-order valence-electron chi connectivity index (χ3n) is 1.56. The molecule has 0 saturated carbocycles. The van der Waals surface area contributed by atoms with Gasteiger partial charge in [0.2, 0.25) is 0 Å². The summed E-state index contributed by atoms with van der Waals surface area (Å²) in [7, 11) is 0. The Kier molecular flexibility index (Phi) is 3.20. The van der Waals surface area contributed by atoms with Crippen molar-refractivity contribution < 1.29 is 9.53 Å². The molecule has 0 unspecified atom stereocenters. The normalized spacial score (nSPS) is 9.31. The first kappa shape index (κ1) is 9.45. The van der Waals surface area contributed by atoms with Gasteiger partial charge in [-0.05, 0) is 25.1 Å². The number of carbonyl (C=O) groups is 1. The highest BCUT2D eigenvalue weighted by molar-refractivity contribution is 5.90. The largest absolute Gasteiger partial charge is 0.484 e. The van der Waals surface area contributed by atoms with Gasteiger partial charge < -0.3 is 4.74 Å². The molecule has 0 aliphatic rings. The van der Waals surface area contributed by atoms with Crippen molar-refractivity contribution >= 4 is 5.78 Å². The molecular weight excluding hydrogens is 166 g/mol. The Morgan fingerprint density at radius 1 is 1.77 bits per heavy atom. The molecule has 0 radical (unpaired) electrons. The van der Waals surface area contributed by atoms with E-state index >= 15 is 0 Å². The van der Waals surface area contributed by atoms with E-state index in [-0.39, 0.29) is 12.4 Å². The molecule has 3 heteroatoms. The van der Waals surface area contributed by atoms with Crippen LogP contribution in [0.1, 0.15) is 5.69 Å². The summed E-state index contributed by atoms with van der Waals surface area (Å²) in [6.45, 7) is 5.20. The van der Waals surface area contributed by atoms with E-state index in [0.717, 1.165) is 5.69 Å². The van der Waals surface area contributed by atoms with Crippen molar-refractivity contribution in [1.82, 2.24) is 4.98 Å². The number of aromatic nitrogens is 1. The van der Waals surface area contributed by atoms with E-state index in [2.05, 4.69) is 11.6 Å². The summed E-state index contributed by atoms with van der Waals surface area (Å²) in [4.78, 5) is 14.9. The third kappa shape index (κ3) is 2.71. The van der Waals surface area contributed by atoms with Gasteiger partial charge in [-0.1, -0.05) is 6.58 Å². The lowest BCUT2D eigenvalue weighted by molar-refractivity contribution is -0.116. The molecule has 0 saturated heterocycles. The van der Waals surface area contributed by atoms with Crippen molar-refractivity contribution in [1.29, 1.82) is 0 Å². The molecule has 3 nitrogen and oxygen atoms in total. The molecule has 13 heavy (non-hydrogen) atoms. The van der Waals surface area contributed by atoms with Gasteiger partial charge in [0.25, 0.3) is 0 Å². The van der Waals surface area contributed by atoms with Crippen LogP contribution in [-0.2, 0) is 4.79 Å². The third-order valence-corrected chi connectivity index (χ3v) is 1.56. The lowest BCUT2D eigenvalue weighted by Gasteiger charge is -2.05. The average Bonchev–Trinajstić information content (AvgIpc) is 2.16. The van der Waals surface area contributed by atoms with E-state index in [4.69, 9.17) is 4.74 Å². The second-order valence-corrected chi connectivity index (χ2v) is 2.55. The SMILES string of the molecule is C=CC(=O)COc1cccnc1C. The highest BCUT2D eigenvalue weighted by Crippen LogP contribution is 2.12. The summed E-state index contributed by atoms with van der Waals surface area (Å²) >= 11 is 0. The van der Waals surface area contributed by atoms with Crippen molar-refractivity contribution in [3.63, 3.8) is 0 Å². The Hall–Kier alpha value is -1.64. The van der Waals surface area contributed by atoms with Crippen molar-refractivity contribution in [3.8, 4) is 5.75 Å². The number of hydrogen-bond acceptors (Lipinski definition) is 3. The number of aryl methyl sites for hydroxylation is 1. The summed E-state index contributed by atoms with van der Waals surface area (Å²) in [5.74, 6) is 0.501. The first-order valence-electron chi connectivity index (χ1n) is 3.93. The van der Waals surface area contributed by atoms with E-state index in [9.17, 15) is 4.79 Å². The molecule has 0 spiro atoms. The zero-order chi connectivity index (χ0) is 9.68. The van der Waals surface area contributed by atoms with Gasteiger partial charge in [-0.2, -0.15) is 0 Å². The maximum absolute atomic E-state index is 10.8. The maximum Gasteiger partial charge on any atom is 0.192 e. The molecule has 68 valence electrons. The highest BCUT2D eigenvalue weighted by Gasteiger charge is 2.00. The molecule has 0 fully saturated rings. The van der Waals surface area contributed by atoms with Gasteiger partial charge in [-0.15, -0.1) is 0 Å². The van der Waals surface area contributed by atoms with Crippen LogP contribution in [0.4, 0.5) is 0 Å². The van der Waals surface area contributed by atoms with Crippen LogP contribution < -0.4 is 4.74 Å². The summed E-state index contributed by atoms with van der Waals surface area (Å²) in [5.41, 5.74) is 0.777. The van der Waals surface area contributed by atoms with E-state index in [1.807, 2.05) is 6.92 Å². The second-order valence-electron chi connectivity index (χ2n) is 2.55. The zero-order valence-electron chi connectivity index (χ0n) is 7.49. The standard InChI is InChI=1S/C10H11NO2/c1-3-9(12)7-13-10-5-4-6-11-8(10)2/h3-6H,1,7H2,2H3. The molecule has 0 aromatic carbocycles. The molecule has 1 aromatic rings. The fraction of sp³-hybridized carbons (Fsp3) is 0.200. The number of ether oxygens (including phenoxy) is 1. The molecular formula is C10H11NO2. The number of rotatable bonds is 4. The van der Waals surface area contributed by atoms with Gasteiger partial charge >= 0.3 is 0 Å². The van der Waals surface area contributed by atoms with Crippen LogP contribution in [0, 0.1) is 6.92 Å². The lowest BCUT2D eigenvalue weighted by Crippen LogP contribution is -2.08. The van der Waals surface area contributed by atoms with Crippen molar-refractivity contribution in [2.45, 2.75) is 6.92 Å². The molecule has 0 bridgehead atoms. The second kappa shape index (κ2) is 4.40. The van der Waals surface area contributed by atoms with E-state index in [0.29, 0.717) is 5.75 Å². The fourth-order valence-electron chi connectivity index (χ4n) is 0.830. The molecule has 0 amide bonds. The van der Waals surface area contributed by atoms with Crippen LogP contribution >= 0.6 is 0 Å². The van der Waals surface area contributed by atoms with Gasteiger partial charge in [-0.25, -0.2) is 0 Å². The number of carbonyl (C=O) groups excluding carboxylic acids is 1. The molecule has 0 N–H and O–H groups in total. The monoisotopic (exact) mass is 177 g/mol. The molecule has 0 atom stereocenters. The van der Waals surface area contributed by atoms with Gasteiger partial charge in [0.05, 0.1) is 5.69 Å². The van der Waals surface area contributed by atoms with E-state index < -0.39 is 0 Å². The van der Waals surface area contributed by atoms with Crippen LogP contribution in [0.3, 0.4) is 0 Å². The summed E-state index contributed by atoms with van der Waals surface area (Å²) < 4.78 is 5.21. The molecule has 1 rings (SSSR count). The topological polar surface area (TPSA) is 39.2 Å². The van der Waals surface area contributed by atoms with Crippen LogP contribution in [0.15, 0.2) is 31.0 Å². The summed E-state index contributed by atoms with van der Waals surface area (Å²) in [6, 6.07) is 3.54. The minimum Gasteiger partial charge on any atom is -0.484 e. The van der Waals surface area contributed by atoms with Crippen LogP contribution in [0.5, 0.6) is 5.75 Å². The Bertz CT molecular complexity index is 320. The van der Waals surface area contributed by atoms with Crippen molar-refractivity contribution in [2.24, 2.45) is 0 Å². The van der Waals surface area contributed by atoms with Crippen molar-refractivity contribution in [2.75, 3.05) is 6.61 Å². The lowest BCUT2D eigenvalue weighted by atomic mass is 10.3. The van der Waals surface area contributed by atoms with Gasteiger partial charge in [0.1, 0.15) is 5.75 Å².